The number of nitrogens with one attached hydrogen (secondary N) is 1. The molecular formula is C16H25ClN2O4S. The molecule has 0 saturated heterocycles. The number of ether oxygens (including phenoxy) is 1. The zero-order valence-electron chi connectivity index (χ0n) is 14.3. The van der Waals surface area contributed by atoms with E-state index in [0.29, 0.717) is 19.6 Å². The van der Waals surface area contributed by atoms with E-state index in [-0.39, 0.29) is 28.2 Å². The number of unbranched alkanes of at least 4 members (excludes halogenated alkanes) is 1. The van der Waals surface area contributed by atoms with Gasteiger partial charge in [-0.3, -0.25) is 4.79 Å². The smallest absolute Gasteiger partial charge is 0.260 e. The maximum absolute atomic E-state index is 12.1. The minimum absolute atomic E-state index is 0.0750. The van der Waals surface area contributed by atoms with Crippen LogP contribution < -0.4 is 9.46 Å². The molecule has 6 nitrogen and oxygen atoms in total. The van der Waals surface area contributed by atoms with Crippen LogP contribution in [0.2, 0.25) is 5.02 Å². The Hall–Kier alpha value is -1.31. The molecule has 0 aliphatic carbocycles. The molecule has 0 spiro atoms. The number of amides is 1. The first-order valence-corrected chi connectivity index (χ1v) is 9.91. The highest BCUT2D eigenvalue weighted by atomic mass is 35.5. The van der Waals surface area contributed by atoms with Gasteiger partial charge in [0.15, 0.2) is 6.61 Å². The summed E-state index contributed by atoms with van der Waals surface area (Å²) < 4.78 is 32.2. The Morgan fingerprint density at radius 3 is 2.46 bits per heavy atom. The van der Waals surface area contributed by atoms with Gasteiger partial charge >= 0.3 is 0 Å². The van der Waals surface area contributed by atoms with Gasteiger partial charge in [-0.05, 0) is 38.5 Å². The number of halogens is 1. The summed E-state index contributed by atoms with van der Waals surface area (Å²) in [5.74, 6) is 0.138. The zero-order valence-corrected chi connectivity index (χ0v) is 15.9. The number of carbonyl (C=O) groups excluding carboxylic acids is 1. The van der Waals surface area contributed by atoms with Crippen molar-refractivity contribution in [3.05, 3.63) is 23.2 Å². The molecule has 0 aliphatic heterocycles. The predicted molar refractivity (Wildman–Crippen MR) is 95.0 cm³/mol. The molecule has 1 aromatic carbocycles. The molecule has 0 atom stereocenters. The van der Waals surface area contributed by atoms with Crippen LogP contribution in [0, 0.1) is 0 Å². The molecule has 0 bridgehead atoms. The maximum Gasteiger partial charge on any atom is 0.260 e. The van der Waals surface area contributed by atoms with Gasteiger partial charge in [0.2, 0.25) is 10.0 Å². The summed E-state index contributed by atoms with van der Waals surface area (Å²) in [6.45, 7) is 7.21. The number of hydrogen-bond acceptors (Lipinski definition) is 4. The standard InChI is InChI=1S/C16H25ClN2O4S/c1-4-7-10-18-24(21,22)13-8-9-15(14(17)11-13)23-12-16(20)19(5-2)6-3/h8-9,11,18H,4-7,10,12H2,1-3H3. The Kier molecular flexibility index (Phi) is 8.52. The van der Waals surface area contributed by atoms with Crippen molar-refractivity contribution >= 4 is 27.5 Å². The van der Waals surface area contributed by atoms with Gasteiger partial charge in [0.25, 0.3) is 5.91 Å². The molecule has 0 unspecified atom stereocenters. The predicted octanol–water partition coefficient (Wildman–Crippen LogP) is 2.67. The number of sulfonamides is 1. The van der Waals surface area contributed by atoms with Gasteiger partial charge in [0, 0.05) is 19.6 Å². The second-order valence-electron chi connectivity index (χ2n) is 5.20. The third-order valence-corrected chi connectivity index (χ3v) is 5.26. The third-order valence-electron chi connectivity index (χ3n) is 3.50. The second kappa shape index (κ2) is 9.86. The van der Waals surface area contributed by atoms with Crippen molar-refractivity contribution in [1.29, 1.82) is 0 Å². The molecule has 0 saturated carbocycles. The van der Waals surface area contributed by atoms with Gasteiger partial charge in [0.05, 0.1) is 9.92 Å². The monoisotopic (exact) mass is 376 g/mol. The Balaban J connectivity index is 2.76. The van der Waals surface area contributed by atoms with Crippen molar-refractivity contribution in [2.24, 2.45) is 0 Å². The Labute approximate surface area is 149 Å². The molecule has 1 N–H and O–H groups in total. The van der Waals surface area contributed by atoms with Crippen LogP contribution in [0.1, 0.15) is 33.6 Å². The SMILES string of the molecule is CCCCNS(=O)(=O)c1ccc(OCC(=O)N(CC)CC)c(Cl)c1. The molecule has 24 heavy (non-hydrogen) atoms. The van der Waals surface area contributed by atoms with E-state index in [1.54, 1.807) is 4.90 Å². The Morgan fingerprint density at radius 2 is 1.92 bits per heavy atom. The quantitative estimate of drug-likeness (QED) is 0.637. The molecule has 0 aromatic heterocycles. The van der Waals surface area contributed by atoms with E-state index in [0.717, 1.165) is 12.8 Å². The van der Waals surface area contributed by atoms with Crippen LogP contribution in [-0.4, -0.2) is 45.5 Å². The zero-order chi connectivity index (χ0) is 18.2. The van der Waals surface area contributed by atoms with Gasteiger partial charge in [-0.15, -0.1) is 0 Å². The Morgan fingerprint density at radius 1 is 1.25 bits per heavy atom. The molecule has 0 radical (unpaired) electrons. The van der Waals surface area contributed by atoms with Gasteiger partial charge in [-0.25, -0.2) is 13.1 Å². The first kappa shape index (κ1) is 20.7. The molecule has 8 heteroatoms. The van der Waals surface area contributed by atoms with E-state index in [9.17, 15) is 13.2 Å². The fourth-order valence-electron chi connectivity index (χ4n) is 2.04. The van der Waals surface area contributed by atoms with Crippen molar-refractivity contribution in [3.63, 3.8) is 0 Å². The highest BCUT2D eigenvalue weighted by Crippen LogP contribution is 2.27. The summed E-state index contributed by atoms with van der Waals surface area (Å²) in [5, 5.41) is 0.153. The summed E-state index contributed by atoms with van der Waals surface area (Å²) in [5.41, 5.74) is 0. The normalized spacial score (nSPS) is 11.3. The van der Waals surface area contributed by atoms with Gasteiger partial charge in [-0.2, -0.15) is 0 Å². The molecule has 1 rings (SSSR count). The third kappa shape index (κ3) is 5.96. The summed E-state index contributed by atoms with van der Waals surface area (Å²) in [4.78, 5) is 13.6. The highest BCUT2D eigenvalue weighted by molar-refractivity contribution is 7.89. The number of benzene rings is 1. The van der Waals surface area contributed by atoms with E-state index in [2.05, 4.69) is 4.72 Å². The Bertz CT molecular complexity index is 645. The van der Waals surface area contributed by atoms with Gasteiger partial charge in [0.1, 0.15) is 5.75 Å². The lowest BCUT2D eigenvalue weighted by Crippen LogP contribution is -2.34. The first-order chi connectivity index (χ1) is 11.4. The number of carbonyl (C=O) groups is 1. The lowest BCUT2D eigenvalue weighted by Gasteiger charge is -2.19. The number of rotatable bonds is 10. The van der Waals surface area contributed by atoms with E-state index < -0.39 is 10.0 Å². The summed E-state index contributed by atoms with van der Waals surface area (Å²) in [7, 11) is -3.59. The minimum atomic E-state index is -3.59. The minimum Gasteiger partial charge on any atom is -0.482 e. The average Bonchev–Trinajstić information content (AvgIpc) is 2.55. The molecule has 0 aliphatic rings. The molecule has 1 aromatic rings. The summed E-state index contributed by atoms with van der Waals surface area (Å²) in [6.07, 6.45) is 1.66. The van der Waals surface area contributed by atoms with Crippen molar-refractivity contribution in [3.8, 4) is 5.75 Å². The van der Waals surface area contributed by atoms with Crippen molar-refractivity contribution < 1.29 is 17.9 Å². The fraction of sp³-hybridized carbons (Fsp3) is 0.562. The van der Waals surface area contributed by atoms with Gasteiger partial charge < -0.3 is 9.64 Å². The second-order valence-corrected chi connectivity index (χ2v) is 7.37. The number of nitrogens with zero attached hydrogens (tertiary/aromatic N) is 1. The topological polar surface area (TPSA) is 75.7 Å². The maximum atomic E-state index is 12.1. The van der Waals surface area contributed by atoms with Crippen molar-refractivity contribution in [2.45, 2.75) is 38.5 Å². The van der Waals surface area contributed by atoms with Crippen molar-refractivity contribution in [2.75, 3.05) is 26.2 Å². The average molecular weight is 377 g/mol. The number of likely N-dealkylation sites (N-methyl/N-ethyl adjacent to an activating group) is 1. The molecule has 1 amide bonds. The molecular weight excluding hydrogens is 352 g/mol. The van der Waals surface area contributed by atoms with E-state index >= 15 is 0 Å². The van der Waals surface area contributed by atoms with E-state index in [1.807, 2.05) is 20.8 Å². The van der Waals surface area contributed by atoms with E-state index in [4.69, 9.17) is 16.3 Å². The molecule has 0 heterocycles. The molecule has 0 fully saturated rings. The van der Waals surface area contributed by atoms with Crippen LogP contribution in [-0.2, 0) is 14.8 Å². The van der Waals surface area contributed by atoms with Gasteiger partial charge in [-0.1, -0.05) is 24.9 Å². The fourth-order valence-corrected chi connectivity index (χ4v) is 3.44. The van der Waals surface area contributed by atoms with Crippen LogP contribution in [0.15, 0.2) is 23.1 Å². The van der Waals surface area contributed by atoms with Crippen molar-refractivity contribution in [1.82, 2.24) is 9.62 Å². The first-order valence-electron chi connectivity index (χ1n) is 8.05. The molecule has 136 valence electrons. The van der Waals surface area contributed by atoms with Crippen LogP contribution >= 0.6 is 11.6 Å². The van der Waals surface area contributed by atoms with Crippen LogP contribution in [0.25, 0.3) is 0 Å². The van der Waals surface area contributed by atoms with Crippen LogP contribution in [0.5, 0.6) is 5.75 Å². The lowest BCUT2D eigenvalue weighted by atomic mass is 10.3. The van der Waals surface area contributed by atoms with E-state index in [1.165, 1.54) is 18.2 Å². The summed E-state index contributed by atoms with van der Waals surface area (Å²) >= 11 is 6.09. The highest BCUT2D eigenvalue weighted by Gasteiger charge is 2.16. The number of hydrogen-bond donors (Lipinski definition) is 1. The van der Waals surface area contributed by atoms with Crippen LogP contribution in [0.4, 0.5) is 0 Å². The summed E-state index contributed by atoms with van der Waals surface area (Å²) in [6, 6.07) is 4.21. The largest absolute Gasteiger partial charge is 0.482 e. The lowest BCUT2D eigenvalue weighted by molar-refractivity contribution is -0.132. The van der Waals surface area contributed by atoms with Crippen LogP contribution in [0.3, 0.4) is 0 Å².